The first-order chi connectivity index (χ1) is 12.7. The summed E-state index contributed by atoms with van der Waals surface area (Å²) in [5, 5.41) is 2.49. The molecule has 0 unspecified atom stereocenters. The average molecular weight is 355 g/mol. The molecule has 0 aliphatic carbocycles. The largest absolute Gasteiger partial charge is 0.493 e. The third-order valence-electron chi connectivity index (χ3n) is 5.24. The number of nitrogens with zero attached hydrogens (tertiary/aromatic N) is 1. The van der Waals surface area contributed by atoms with Gasteiger partial charge in [0.2, 0.25) is 5.91 Å². The fourth-order valence-electron chi connectivity index (χ4n) is 3.64. The van der Waals surface area contributed by atoms with Gasteiger partial charge < -0.3 is 4.74 Å². The number of amides is 1. The minimum atomic E-state index is -0.0431. The Bertz CT molecular complexity index is 739. The average Bonchev–Trinajstić information content (AvgIpc) is 2.69. The summed E-state index contributed by atoms with van der Waals surface area (Å²) in [5.74, 6) is 6.24. The molecule has 1 fully saturated rings. The number of likely N-dealkylation sites (tertiary alicyclic amines) is 1. The monoisotopic (exact) mass is 355 g/mol. The van der Waals surface area contributed by atoms with Crippen LogP contribution in [-0.2, 0) is 11.3 Å². The van der Waals surface area contributed by atoms with Crippen LogP contribution in [0.3, 0.4) is 0 Å². The van der Waals surface area contributed by atoms with Crippen LogP contribution in [0.2, 0.25) is 0 Å². The summed E-state index contributed by atoms with van der Waals surface area (Å²) in [6.07, 6.45) is 3.88. The summed E-state index contributed by atoms with van der Waals surface area (Å²) >= 11 is 0. The molecule has 1 saturated heterocycles. The molecule has 2 aromatic rings. The Balaban J connectivity index is 1.77. The molecule has 1 aliphatic heterocycles. The first-order valence-corrected chi connectivity index (χ1v) is 9.59. The second-order valence-electron chi connectivity index (χ2n) is 7.02. The Labute approximate surface area is 155 Å². The summed E-state index contributed by atoms with van der Waals surface area (Å²) < 4.78 is 6.10. The Morgan fingerprint density at radius 3 is 2.73 bits per heavy atom. The molecular weight excluding hydrogens is 326 g/mol. The number of rotatable bonds is 7. The van der Waals surface area contributed by atoms with Gasteiger partial charge in [-0.15, -0.1) is 0 Å². The van der Waals surface area contributed by atoms with E-state index in [0.29, 0.717) is 0 Å². The Morgan fingerprint density at radius 2 is 2.00 bits per heavy atom. The van der Waals surface area contributed by atoms with Crippen molar-refractivity contribution in [3.05, 3.63) is 42.0 Å². The molecule has 2 aromatic carbocycles. The second-order valence-corrected chi connectivity index (χ2v) is 7.02. The number of piperidine rings is 1. The van der Waals surface area contributed by atoms with Crippen molar-refractivity contribution in [2.45, 2.75) is 39.2 Å². The number of unbranched alkanes of at least 4 members (excludes halogenated alkanes) is 1. The molecule has 1 aliphatic rings. The number of carbonyl (C=O) groups excluding carboxylic acids is 1. The molecule has 1 amide bonds. The van der Waals surface area contributed by atoms with Crippen LogP contribution < -0.4 is 16.0 Å². The van der Waals surface area contributed by atoms with E-state index >= 15 is 0 Å². The number of hydrogen-bond acceptors (Lipinski definition) is 4. The van der Waals surface area contributed by atoms with Crippen molar-refractivity contribution in [3.8, 4) is 5.75 Å². The van der Waals surface area contributed by atoms with Crippen molar-refractivity contribution in [2.24, 2.45) is 11.8 Å². The summed E-state index contributed by atoms with van der Waals surface area (Å²) in [7, 11) is 0. The molecule has 3 rings (SSSR count). The van der Waals surface area contributed by atoms with Gasteiger partial charge in [0.25, 0.3) is 0 Å². The number of benzene rings is 2. The minimum absolute atomic E-state index is 0.0315. The lowest BCUT2D eigenvalue weighted by molar-refractivity contribution is -0.126. The van der Waals surface area contributed by atoms with Crippen LogP contribution in [-0.4, -0.2) is 30.5 Å². The quantitative estimate of drug-likeness (QED) is 0.346. The van der Waals surface area contributed by atoms with E-state index in [4.69, 9.17) is 10.6 Å². The van der Waals surface area contributed by atoms with E-state index in [0.717, 1.165) is 57.7 Å². The molecule has 5 nitrogen and oxygen atoms in total. The molecule has 0 aromatic heterocycles. The van der Waals surface area contributed by atoms with E-state index in [-0.39, 0.29) is 11.8 Å². The van der Waals surface area contributed by atoms with Gasteiger partial charge in [-0.25, -0.2) is 5.84 Å². The molecule has 1 heterocycles. The normalized spacial score (nSPS) is 15.9. The van der Waals surface area contributed by atoms with Gasteiger partial charge in [-0.1, -0.05) is 43.7 Å². The predicted molar refractivity (Wildman–Crippen MR) is 105 cm³/mol. The highest BCUT2D eigenvalue weighted by Gasteiger charge is 2.25. The van der Waals surface area contributed by atoms with Crippen molar-refractivity contribution in [3.63, 3.8) is 0 Å². The molecule has 140 valence electrons. The SMILES string of the molecule is CCCCOc1ccc2ccccc2c1CN1CCC(C(=O)NN)CC1. The van der Waals surface area contributed by atoms with Crippen molar-refractivity contribution in [2.75, 3.05) is 19.7 Å². The lowest BCUT2D eigenvalue weighted by atomic mass is 9.95. The van der Waals surface area contributed by atoms with Gasteiger partial charge in [-0.05, 0) is 49.2 Å². The first-order valence-electron chi connectivity index (χ1n) is 9.59. The molecule has 0 radical (unpaired) electrons. The molecular formula is C21H29N3O2. The van der Waals surface area contributed by atoms with Gasteiger partial charge >= 0.3 is 0 Å². The maximum absolute atomic E-state index is 11.7. The lowest BCUT2D eigenvalue weighted by Gasteiger charge is -2.31. The number of fused-ring (bicyclic) bond motifs is 1. The van der Waals surface area contributed by atoms with E-state index in [2.05, 4.69) is 53.6 Å². The molecule has 26 heavy (non-hydrogen) atoms. The van der Waals surface area contributed by atoms with E-state index < -0.39 is 0 Å². The van der Waals surface area contributed by atoms with E-state index in [9.17, 15) is 4.79 Å². The van der Waals surface area contributed by atoms with Gasteiger partial charge in [0.1, 0.15) is 5.75 Å². The van der Waals surface area contributed by atoms with Crippen LogP contribution in [0.15, 0.2) is 36.4 Å². The molecule has 3 N–H and O–H groups in total. The number of hydrazine groups is 1. The number of hydrogen-bond donors (Lipinski definition) is 2. The third kappa shape index (κ3) is 4.34. The van der Waals surface area contributed by atoms with Gasteiger partial charge in [0.15, 0.2) is 0 Å². The Hall–Kier alpha value is -2.11. The van der Waals surface area contributed by atoms with Crippen molar-refractivity contribution >= 4 is 16.7 Å². The Morgan fingerprint density at radius 1 is 1.23 bits per heavy atom. The van der Waals surface area contributed by atoms with Gasteiger partial charge in [-0.3, -0.25) is 15.1 Å². The van der Waals surface area contributed by atoms with Crippen LogP contribution in [0.5, 0.6) is 5.75 Å². The summed E-state index contributed by atoms with van der Waals surface area (Å²) in [4.78, 5) is 14.1. The first kappa shape index (κ1) is 18.7. The van der Waals surface area contributed by atoms with E-state index in [1.807, 2.05) is 0 Å². The highest BCUT2D eigenvalue weighted by atomic mass is 16.5. The zero-order valence-electron chi connectivity index (χ0n) is 15.5. The summed E-state index contributed by atoms with van der Waals surface area (Å²) in [6, 6.07) is 12.7. The van der Waals surface area contributed by atoms with Gasteiger partial charge in [-0.2, -0.15) is 0 Å². The standard InChI is InChI=1S/C21H29N3O2/c1-2-3-14-26-20-9-8-16-6-4-5-7-18(16)19(20)15-24-12-10-17(11-13-24)21(25)23-22/h4-9,17H,2-3,10-15,22H2,1H3,(H,23,25). The van der Waals surface area contributed by atoms with E-state index in [1.165, 1.54) is 16.3 Å². The Kier molecular flexibility index (Phi) is 6.47. The fourth-order valence-corrected chi connectivity index (χ4v) is 3.64. The zero-order valence-corrected chi connectivity index (χ0v) is 15.5. The van der Waals surface area contributed by atoms with Crippen LogP contribution in [0.4, 0.5) is 0 Å². The highest BCUT2D eigenvalue weighted by molar-refractivity contribution is 5.87. The summed E-state index contributed by atoms with van der Waals surface area (Å²) in [5.41, 5.74) is 3.53. The predicted octanol–water partition coefficient (Wildman–Crippen LogP) is 3.22. The van der Waals surface area contributed by atoms with Crippen molar-refractivity contribution < 1.29 is 9.53 Å². The van der Waals surface area contributed by atoms with Crippen LogP contribution in [0.25, 0.3) is 10.8 Å². The topological polar surface area (TPSA) is 67.6 Å². The highest BCUT2D eigenvalue weighted by Crippen LogP contribution is 2.31. The lowest BCUT2D eigenvalue weighted by Crippen LogP contribution is -2.42. The number of nitrogens with one attached hydrogen (secondary N) is 1. The number of ether oxygens (including phenoxy) is 1. The van der Waals surface area contributed by atoms with Gasteiger partial charge in [0, 0.05) is 18.0 Å². The maximum atomic E-state index is 11.7. The molecule has 0 atom stereocenters. The maximum Gasteiger partial charge on any atom is 0.237 e. The molecule has 0 spiro atoms. The van der Waals surface area contributed by atoms with Crippen LogP contribution in [0, 0.1) is 5.92 Å². The van der Waals surface area contributed by atoms with E-state index in [1.54, 1.807) is 0 Å². The number of nitrogens with two attached hydrogens (primary N) is 1. The van der Waals surface area contributed by atoms with Crippen LogP contribution in [0.1, 0.15) is 38.2 Å². The number of carbonyl (C=O) groups is 1. The third-order valence-corrected chi connectivity index (χ3v) is 5.24. The van der Waals surface area contributed by atoms with Crippen LogP contribution >= 0.6 is 0 Å². The summed E-state index contributed by atoms with van der Waals surface area (Å²) in [6.45, 7) is 5.57. The smallest absolute Gasteiger partial charge is 0.237 e. The molecule has 0 bridgehead atoms. The van der Waals surface area contributed by atoms with Gasteiger partial charge in [0.05, 0.1) is 6.61 Å². The molecule has 5 heteroatoms. The minimum Gasteiger partial charge on any atom is -0.493 e. The second kappa shape index (κ2) is 9.01. The van der Waals surface area contributed by atoms with Crippen molar-refractivity contribution in [1.82, 2.24) is 10.3 Å². The fraction of sp³-hybridized carbons (Fsp3) is 0.476. The van der Waals surface area contributed by atoms with Crippen molar-refractivity contribution in [1.29, 1.82) is 0 Å². The molecule has 0 saturated carbocycles. The zero-order chi connectivity index (χ0) is 18.4.